The maximum absolute atomic E-state index is 6.22. The van der Waals surface area contributed by atoms with Crippen LogP contribution in [0.25, 0.3) is 0 Å². The maximum atomic E-state index is 6.22. The lowest BCUT2D eigenvalue weighted by Crippen LogP contribution is -2.40. The lowest BCUT2D eigenvalue weighted by atomic mass is 10.1. The van der Waals surface area contributed by atoms with Gasteiger partial charge < -0.3 is 9.47 Å². The molecule has 0 spiro atoms. The summed E-state index contributed by atoms with van der Waals surface area (Å²) in [5.41, 5.74) is 2.18. The van der Waals surface area contributed by atoms with Gasteiger partial charge in [0.15, 0.2) is 0 Å². The van der Waals surface area contributed by atoms with E-state index in [1.807, 2.05) is 6.07 Å². The van der Waals surface area contributed by atoms with Crippen LogP contribution >= 0.6 is 11.3 Å². The molecule has 3 heterocycles. The van der Waals surface area contributed by atoms with Gasteiger partial charge in [-0.3, -0.25) is 4.90 Å². The molecule has 0 aliphatic carbocycles. The first-order chi connectivity index (χ1) is 11.6. The van der Waals surface area contributed by atoms with Crippen LogP contribution in [-0.2, 0) is 17.8 Å². The van der Waals surface area contributed by atoms with Crippen molar-refractivity contribution in [3.8, 4) is 5.75 Å². The number of rotatable bonds is 3. The molecule has 4 rings (SSSR count). The number of hydrogen-bond donors (Lipinski definition) is 0. The summed E-state index contributed by atoms with van der Waals surface area (Å²) < 4.78 is 12.0. The second-order valence-electron chi connectivity index (χ2n) is 7.29. The number of thiazole rings is 1. The smallest absolute Gasteiger partial charge is 0.124 e. The molecule has 1 fully saturated rings. The van der Waals surface area contributed by atoms with Crippen molar-refractivity contribution in [2.75, 3.05) is 13.2 Å². The Labute approximate surface area is 147 Å². The molecule has 0 amide bonds. The molecule has 5 heteroatoms. The highest BCUT2D eigenvalue weighted by atomic mass is 32.1. The van der Waals surface area contributed by atoms with E-state index in [9.17, 15) is 0 Å². The first-order valence-electron chi connectivity index (χ1n) is 8.64. The third-order valence-corrected chi connectivity index (χ3v) is 5.50. The topological polar surface area (TPSA) is 34.6 Å². The standard InChI is InChI=1S/C19H24N2O2S/c1-19(2)13-21(10-14-6-3-4-7-16(14)23-19)11-15-12-24-18(20-15)17-8-5-9-22-17/h3-4,6-7,12,17H,5,8-11,13H2,1-2H3. The van der Waals surface area contributed by atoms with Crippen molar-refractivity contribution in [2.45, 2.75) is 51.5 Å². The van der Waals surface area contributed by atoms with E-state index in [-0.39, 0.29) is 11.7 Å². The highest BCUT2D eigenvalue weighted by Crippen LogP contribution is 2.32. The van der Waals surface area contributed by atoms with E-state index in [1.54, 1.807) is 11.3 Å². The molecule has 0 bridgehead atoms. The van der Waals surface area contributed by atoms with E-state index in [4.69, 9.17) is 14.5 Å². The van der Waals surface area contributed by atoms with Gasteiger partial charge in [-0.1, -0.05) is 18.2 Å². The van der Waals surface area contributed by atoms with Gasteiger partial charge in [0.1, 0.15) is 22.5 Å². The summed E-state index contributed by atoms with van der Waals surface area (Å²) in [5, 5.41) is 3.31. The van der Waals surface area contributed by atoms with Crippen LogP contribution in [0.4, 0.5) is 0 Å². The minimum absolute atomic E-state index is 0.208. The Hall–Kier alpha value is -1.43. The van der Waals surface area contributed by atoms with Crippen LogP contribution in [0.5, 0.6) is 5.75 Å². The van der Waals surface area contributed by atoms with Crippen LogP contribution in [0.2, 0.25) is 0 Å². The van der Waals surface area contributed by atoms with Crippen LogP contribution < -0.4 is 4.74 Å². The van der Waals surface area contributed by atoms with E-state index in [0.29, 0.717) is 0 Å². The number of para-hydroxylation sites is 1. The number of fused-ring (bicyclic) bond motifs is 1. The van der Waals surface area contributed by atoms with Crippen LogP contribution in [0, 0.1) is 0 Å². The van der Waals surface area contributed by atoms with Gasteiger partial charge in [0.2, 0.25) is 0 Å². The monoisotopic (exact) mass is 344 g/mol. The number of aromatic nitrogens is 1. The lowest BCUT2D eigenvalue weighted by molar-refractivity contribution is 0.0677. The molecular weight excluding hydrogens is 320 g/mol. The Balaban J connectivity index is 1.51. The molecule has 1 saturated heterocycles. The molecule has 24 heavy (non-hydrogen) atoms. The fourth-order valence-electron chi connectivity index (χ4n) is 3.56. The lowest BCUT2D eigenvalue weighted by Gasteiger charge is -2.29. The van der Waals surface area contributed by atoms with Crippen molar-refractivity contribution < 1.29 is 9.47 Å². The third-order valence-electron chi connectivity index (χ3n) is 4.52. The van der Waals surface area contributed by atoms with Gasteiger partial charge in [-0.05, 0) is 32.8 Å². The first kappa shape index (κ1) is 16.1. The number of ether oxygens (including phenoxy) is 2. The summed E-state index contributed by atoms with van der Waals surface area (Å²) >= 11 is 1.73. The zero-order valence-electron chi connectivity index (χ0n) is 14.3. The summed E-state index contributed by atoms with van der Waals surface area (Å²) in [7, 11) is 0. The molecule has 2 aromatic rings. The Morgan fingerprint density at radius 3 is 3.04 bits per heavy atom. The van der Waals surface area contributed by atoms with Crippen molar-refractivity contribution in [1.29, 1.82) is 0 Å². The summed E-state index contributed by atoms with van der Waals surface area (Å²) in [6, 6.07) is 8.34. The van der Waals surface area contributed by atoms with E-state index in [0.717, 1.165) is 55.5 Å². The second-order valence-corrected chi connectivity index (χ2v) is 8.18. The van der Waals surface area contributed by atoms with Gasteiger partial charge in [-0.2, -0.15) is 0 Å². The zero-order chi connectivity index (χ0) is 16.6. The molecule has 2 aliphatic heterocycles. The molecule has 1 aromatic heterocycles. The average Bonchev–Trinajstić information content (AvgIpc) is 3.17. The molecule has 2 aliphatic rings. The van der Waals surface area contributed by atoms with Gasteiger partial charge in [0.25, 0.3) is 0 Å². The normalized spacial score (nSPS) is 23.5. The molecule has 128 valence electrons. The zero-order valence-corrected chi connectivity index (χ0v) is 15.1. The van der Waals surface area contributed by atoms with Crippen molar-refractivity contribution in [1.82, 2.24) is 9.88 Å². The fraction of sp³-hybridized carbons (Fsp3) is 0.526. The molecule has 1 unspecified atom stereocenters. The number of nitrogens with zero attached hydrogens (tertiary/aromatic N) is 2. The van der Waals surface area contributed by atoms with Gasteiger partial charge in [-0.15, -0.1) is 11.3 Å². The van der Waals surface area contributed by atoms with Crippen LogP contribution in [0.1, 0.15) is 49.1 Å². The predicted octanol–water partition coefficient (Wildman–Crippen LogP) is 4.17. The summed E-state index contributed by atoms with van der Waals surface area (Å²) in [4.78, 5) is 7.26. The van der Waals surface area contributed by atoms with Crippen molar-refractivity contribution >= 4 is 11.3 Å². The van der Waals surface area contributed by atoms with Gasteiger partial charge in [0, 0.05) is 37.2 Å². The summed E-state index contributed by atoms with van der Waals surface area (Å²) in [5.74, 6) is 1.00. The largest absolute Gasteiger partial charge is 0.486 e. The molecule has 0 saturated carbocycles. The minimum Gasteiger partial charge on any atom is -0.486 e. The van der Waals surface area contributed by atoms with E-state index in [2.05, 4.69) is 42.3 Å². The Morgan fingerprint density at radius 1 is 1.33 bits per heavy atom. The summed E-state index contributed by atoms with van der Waals surface area (Å²) in [6.07, 6.45) is 2.47. The van der Waals surface area contributed by atoms with E-state index >= 15 is 0 Å². The van der Waals surface area contributed by atoms with Gasteiger partial charge in [-0.25, -0.2) is 4.98 Å². The van der Waals surface area contributed by atoms with E-state index < -0.39 is 0 Å². The minimum atomic E-state index is -0.208. The van der Waals surface area contributed by atoms with Crippen LogP contribution in [-0.4, -0.2) is 28.6 Å². The molecule has 0 radical (unpaired) electrons. The number of hydrogen-bond acceptors (Lipinski definition) is 5. The molecular formula is C19H24N2O2S. The van der Waals surface area contributed by atoms with Crippen LogP contribution in [0.3, 0.4) is 0 Å². The first-order valence-corrected chi connectivity index (χ1v) is 9.52. The van der Waals surface area contributed by atoms with Crippen molar-refractivity contribution in [3.05, 3.63) is 45.9 Å². The highest BCUT2D eigenvalue weighted by molar-refractivity contribution is 7.09. The summed E-state index contributed by atoms with van der Waals surface area (Å²) in [6.45, 7) is 7.81. The second kappa shape index (κ2) is 6.47. The van der Waals surface area contributed by atoms with Gasteiger partial charge in [0.05, 0.1) is 5.69 Å². The average molecular weight is 344 g/mol. The molecule has 0 N–H and O–H groups in total. The molecule has 1 aromatic carbocycles. The SMILES string of the molecule is CC1(C)CN(Cc2csc(C3CCCO3)n2)Cc2ccccc2O1. The Morgan fingerprint density at radius 2 is 2.21 bits per heavy atom. The Kier molecular flexibility index (Phi) is 4.33. The fourth-order valence-corrected chi connectivity index (χ4v) is 4.45. The maximum Gasteiger partial charge on any atom is 0.124 e. The molecule has 1 atom stereocenters. The van der Waals surface area contributed by atoms with Crippen molar-refractivity contribution in [2.24, 2.45) is 0 Å². The highest BCUT2D eigenvalue weighted by Gasteiger charge is 2.29. The molecule has 4 nitrogen and oxygen atoms in total. The third kappa shape index (κ3) is 3.48. The van der Waals surface area contributed by atoms with E-state index in [1.165, 1.54) is 5.56 Å². The quantitative estimate of drug-likeness (QED) is 0.837. The number of benzene rings is 1. The van der Waals surface area contributed by atoms with Gasteiger partial charge >= 0.3 is 0 Å². The van der Waals surface area contributed by atoms with Crippen molar-refractivity contribution in [3.63, 3.8) is 0 Å². The predicted molar refractivity (Wildman–Crippen MR) is 95.3 cm³/mol. The van der Waals surface area contributed by atoms with Crippen LogP contribution in [0.15, 0.2) is 29.6 Å². The Bertz CT molecular complexity index is 707.